The second kappa shape index (κ2) is 4.45. The number of nitrogens with zero attached hydrogens (tertiary/aromatic N) is 2. The van der Waals surface area contributed by atoms with E-state index in [0.29, 0.717) is 11.4 Å². The first-order valence-corrected chi connectivity index (χ1v) is 5.65. The van der Waals surface area contributed by atoms with Crippen LogP contribution in [0.3, 0.4) is 0 Å². The molecule has 2 aromatic carbocycles. The standard InChI is InChI=1S/C14H10N2O3/c17-11-7-6-10(8-12(11)18)14-15-13(16-19-14)9-4-2-1-3-5-9/h1-8,17-18H. The highest BCUT2D eigenvalue weighted by atomic mass is 16.5. The van der Waals surface area contributed by atoms with Gasteiger partial charge in [-0.05, 0) is 18.2 Å². The third-order valence-electron chi connectivity index (χ3n) is 2.68. The normalized spacial score (nSPS) is 10.5. The van der Waals surface area contributed by atoms with Crippen molar-refractivity contribution in [3.05, 3.63) is 48.5 Å². The Morgan fingerprint density at radius 2 is 1.63 bits per heavy atom. The van der Waals surface area contributed by atoms with Gasteiger partial charge in [0.25, 0.3) is 5.89 Å². The molecule has 5 nitrogen and oxygen atoms in total. The number of benzene rings is 2. The smallest absolute Gasteiger partial charge is 0.258 e. The van der Waals surface area contributed by atoms with Crippen LogP contribution in [0.5, 0.6) is 11.5 Å². The Labute approximate surface area is 108 Å². The average molecular weight is 254 g/mol. The Bertz CT molecular complexity index is 708. The third kappa shape index (κ3) is 2.13. The largest absolute Gasteiger partial charge is 0.504 e. The van der Waals surface area contributed by atoms with Gasteiger partial charge in [0.05, 0.1) is 0 Å². The fourth-order valence-electron chi connectivity index (χ4n) is 1.70. The van der Waals surface area contributed by atoms with Gasteiger partial charge in [-0.3, -0.25) is 0 Å². The molecule has 0 saturated carbocycles. The molecule has 0 bridgehead atoms. The van der Waals surface area contributed by atoms with Gasteiger partial charge in [0.1, 0.15) is 0 Å². The minimum Gasteiger partial charge on any atom is -0.504 e. The van der Waals surface area contributed by atoms with Gasteiger partial charge in [-0.1, -0.05) is 35.5 Å². The molecule has 3 aromatic rings. The lowest BCUT2D eigenvalue weighted by molar-refractivity contribution is 0.402. The van der Waals surface area contributed by atoms with Crippen LogP contribution in [0, 0.1) is 0 Å². The molecule has 94 valence electrons. The topological polar surface area (TPSA) is 79.4 Å². The van der Waals surface area contributed by atoms with E-state index < -0.39 is 0 Å². The molecule has 5 heteroatoms. The molecule has 1 aromatic heterocycles. The van der Waals surface area contributed by atoms with Gasteiger partial charge in [-0.25, -0.2) is 0 Å². The van der Waals surface area contributed by atoms with Crippen LogP contribution in [0.4, 0.5) is 0 Å². The van der Waals surface area contributed by atoms with E-state index in [0.717, 1.165) is 5.56 Å². The van der Waals surface area contributed by atoms with Crippen molar-refractivity contribution >= 4 is 0 Å². The summed E-state index contributed by atoms with van der Waals surface area (Å²) in [6, 6.07) is 13.8. The minimum absolute atomic E-state index is 0.188. The van der Waals surface area contributed by atoms with Crippen LogP contribution >= 0.6 is 0 Å². The maximum Gasteiger partial charge on any atom is 0.258 e. The maximum atomic E-state index is 9.45. The van der Waals surface area contributed by atoms with E-state index in [2.05, 4.69) is 10.1 Å². The van der Waals surface area contributed by atoms with Gasteiger partial charge in [0, 0.05) is 11.1 Å². The van der Waals surface area contributed by atoms with Crippen molar-refractivity contribution in [2.75, 3.05) is 0 Å². The van der Waals surface area contributed by atoms with Crippen molar-refractivity contribution in [1.29, 1.82) is 0 Å². The molecule has 0 spiro atoms. The fourth-order valence-corrected chi connectivity index (χ4v) is 1.70. The van der Waals surface area contributed by atoms with Gasteiger partial charge in [0.15, 0.2) is 11.5 Å². The summed E-state index contributed by atoms with van der Waals surface area (Å²) in [4.78, 5) is 4.25. The summed E-state index contributed by atoms with van der Waals surface area (Å²) in [5.41, 5.74) is 1.39. The van der Waals surface area contributed by atoms with Gasteiger partial charge in [0.2, 0.25) is 5.82 Å². The molecule has 0 aliphatic rings. The number of aromatic hydroxyl groups is 2. The second-order valence-corrected chi connectivity index (χ2v) is 3.99. The van der Waals surface area contributed by atoms with Crippen molar-refractivity contribution in [2.24, 2.45) is 0 Å². The third-order valence-corrected chi connectivity index (χ3v) is 2.68. The SMILES string of the molecule is Oc1ccc(-c2nc(-c3ccccc3)no2)cc1O. The predicted molar refractivity (Wildman–Crippen MR) is 68.5 cm³/mol. The average Bonchev–Trinajstić information content (AvgIpc) is 2.93. The molecule has 1 heterocycles. The fraction of sp³-hybridized carbons (Fsp3) is 0. The summed E-state index contributed by atoms with van der Waals surface area (Å²) in [6.45, 7) is 0. The molecule has 0 amide bonds. The molecule has 0 unspecified atom stereocenters. The summed E-state index contributed by atoms with van der Waals surface area (Å²) in [6.07, 6.45) is 0. The van der Waals surface area contributed by atoms with Gasteiger partial charge in [-0.15, -0.1) is 0 Å². The first kappa shape index (κ1) is 11.3. The lowest BCUT2D eigenvalue weighted by Crippen LogP contribution is -1.80. The first-order valence-electron chi connectivity index (χ1n) is 5.65. The lowest BCUT2D eigenvalue weighted by atomic mass is 10.2. The molecule has 19 heavy (non-hydrogen) atoms. The molecular formula is C14H10N2O3. The lowest BCUT2D eigenvalue weighted by Gasteiger charge is -1.98. The highest BCUT2D eigenvalue weighted by Crippen LogP contribution is 2.30. The Kier molecular flexibility index (Phi) is 2.64. The van der Waals surface area contributed by atoms with Crippen LogP contribution in [0.2, 0.25) is 0 Å². The van der Waals surface area contributed by atoms with Crippen molar-refractivity contribution in [3.63, 3.8) is 0 Å². The van der Waals surface area contributed by atoms with Gasteiger partial charge < -0.3 is 14.7 Å². The highest BCUT2D eigenvalue weighted by Gasteiger charge is 2.11. The van der Waals surface area contributed by atoms with Crippen LogP contribution in [0.25, 0.3) is 22.8 Å². The predicted octanol–water partition coefficient (Wildman–Crippen LogP) is 2.81. The van der Waals surface area contributed by atoms with E-state index in [-0.39, 0.29) is 17.4 Å². The maximum absolute atomic E-state index is 9.45. The Balaban J connectivity index is 1.99. The van der Waals surface area contributed by atoms with Crippen LogP contribution in [-0.2, 0) is 0 Å². The zero-order chi connectivity index (χ0) is 13.2. The summed E-state index contributed by atoms with van der Waals surface area (Å²) in [5.74, 6) is 0.348. The van der Waals surface area contributed by atoms with E-state index in [1.807, 2.05) is 30.3 Å². The Hall–Kier alpha value is -2.82. The zero-order valence-corrected chi connectivity index (χ0v) is 9.82. The van der Waals surface area contributed by atoms with Gasteiger partial charge in [-0.2, -0.15) is 4.98 Å². The van der Waals surface area contributed by atoms with Crippen molar-refractivity contribution in [1.82, 2.24) is 10.1 Å². The van der Waals surface area contributed by atoms with E-state index in [4.69, 9.17) is 4.52 Å². The summed E-state index contributed by atoms with van der Waals surface area (Å²) < 4.78 is 5.15. The van der Waals surface area contributed by atoms with E-state index in [1.165, 1.54) is 12.1 Å². The zero-order valence-electron chi connectivity index (χ0n) is 9.82. The van der Waals surface area contributed by atoms with Gasteiger partial charge >= 0.3 is 0 Å². The summed E-state index contributed by atoms with van der Waals surface area (Å²) in [7, 11) is 0. The van der Waals surface area contributed by atoms with Crippen LogP contribution in [0.15, 0.2) is 53.1 Å². The number of aromatic nitrogens is 2. The molecule has 0 fully saturated rings. The van der Waals surface area contributed by atoms with Crippen molar-refractivity contribution in [2.45, 2.75) is 0 Å². The van der Waals surface area contributed by atoms with Crippen molar-refractivity contribution in [3.8, 4) is 34.3 Å². The van der Waals surface area contributed by atoms with Crippen LogP contribution in [-0.4, -0.2) is 20.4 Å². The number of phenols is 2. The monoisotopic (exact) mass is 254 g/mol. The number of hydrogen-bond acceptors (Lipinski definition) is 5. The Morgan fingerprint density at radius 1 is 0.842 bits per heavy atom. The van der Waals surface area contributed by atoms with E-state index >= 15 is 0 Å². The van der Waals surface area contributed by atoms with Crippen LogP contribution in [0.1, 0.15) is 0 Å². The number of phenolic OH excluding ortho intramolecular Hbond substituents is 2. The minimum atomic E-state index is -0.225. The second-order valence-electron chi connectivity index (χ2n) is 3.99. The van der Waals surface area contributed by atoms with Crippen LogP contribution < -0.4 is 0 Å². The molecule has 3 rings (SSSR count). The summed E-state index contributed by atoms with van der Waals surface area (Å²) in [5, 5.41) is 22.6. The molecule has 0 saturated heterocycles. The molecule has 0 aliphatic heterocycles. The van der Waals surface area contributed by atoms with Crippen molar-refractivity contribution < 1.29 is 14.7 Å². The first-order chi connectivity index (χ1) is 9.24. The number of hydrogen-bond donors (Lipinski definition) is 2. The molecule has 0 aliphatic carbocycles. The molecular weight excluding hydrogens is 244 g/mol. The molecule has 0 radical (unpaired) electrons. The molecule has 0 atom stereocenters. The number of rotatable bonds is 2. The summed E-state index contributed by atoms with van der Waals surface area (Å²) >= 11 is 0. The quantitative estimate of drug-likeness (QED) is 0.687. The highest BCUT2D eigenvalue weighted by molar-refractivity contribution is 5.62. The molecule has 2 N–H and O–H groups in total. The van der Waals surface area contributed by atoms with E-state index in [1.54, 1.807) is 6.07 Å². The Morgan fingerprint density at radius 3 is 2.37 bits per heavy atom. The van der Waals surface area contributed by atoms with E-state index in [9.17, 15) is 10.2 Å².